The Morgan fingerprint density at radius 1 is 0.235 bits per heavy atom. The Morgan fingerprint density at radius 3 is 0.784 bits per heavy atom. The molecule has 0 radical (unpaired) electrons. The van der Waals surface area contributed by atoms with Crippen molar-refractivity contribution in [2.75, 3.05) is 0 Å². The number of hydrogen-bond acceptors (Lipinski definition) is 3. The average Bonchev–Trinajstić information content (AvgIpc) is 3.91. The molecule has 0 fully saturated rings. The summed E-state index contributed by atoms with van der Waals surface area (Å²) in [6.45, 7) is 0. The van der Waals surface area contributed by atoms with Crippen molar-refractivity contribution in [3.05, 3.63) is 182 Å². The molecule has 0 spiro atoms. The number of hydrogen-bond donors (Lipinski definition) is 0. The van der Waals surface area contributed by atoms with Crippen LogP contribution in [-0.4, -0.2) is 0 Å². The van der Waals surface area contributed by atoms with E-state index in [-0.39, 0.29) is 0 Å². The number of furan rings is 3. The largest absolute Gasteiger partial charge is 0.455 e. The number of rotatable bonds is 6. The van der Waals surface area contributed by atoms with Crippen LogP contribution < -0.4 is 0 Å². The first-order valence-corrected chi connectivity index (χ1v) is 17.2. The standard InChI is InChI=1S/C48H30O3/c1-4-16-31(17-5-1)46-43(37-22-10-13-25-40(37)49-46)34-28-35(44-38-23-11-14-26-41(38)50-47(44)32-18-6-2-7-19-32)30-36(29-34)45-39-24-12-15-27-42(39)51-48(45)33-20-8-3-9-21-33/h1-30H. The van der Waals surface area contributed by atoms with Gasteiger partial charge in [-0.25, -0.2) is 0 Å². The summed E-state index contributed by atoms with van der Waals surface area (Å²) in [7, 11) is 0. The summed E-state index contributed by atoms with van der Waals surface area (Å²) in [6.07, 6.45) is 0. The Kier molecular flexibility index (Phi) is 6.81. The third kappa shape index (κ3) is 4.90. The van der Waals surface area contributed by atoms with Crippen LogP contribution in [0.15, 0.2) is 195 Å². The molecule has 3 aromatic heterocycles. The topological polar surface area (TPSA) is 39.4 Å². The molecule has 0 aliphatic rings. The first-order chi connectivity index (χ1) is 25.3. The zero-order chi connectivity index (χ0) is 33.7. The van der Waals surface area contributed by atoms with Crippen LogP contribution in [0.5, 0.6) is 0 Å². The molecule has 0 N–H and O–H groups in total. The van der Waals surface area contributed by atoms with Gasteiger partial charge in [0, 0.05) is 49.5 Å². The molecule has 0 aliphatic heterocycles. The number of para-hydroxylation sites is 3. The Hall–Kier alpha value is -6.84. The van der Waals surface area contributed by atoms with Crippen LogP contribution >= 0.6 is 0 Å². The summed E-state index contributed by atoms with van der Waals surface area (Å²) in [4.78, 5) is 0. The fraction of sp³-hybridized carbons (Fsp3) is 0. The van der Waals surface area contributed by atoms with E-state index < -0.39 is 0 Å². The third-order valence-corrected chi connectivity index (χ3v) is 9.69. The molecule has 3 heteroatoms. The van der Waals surface area contributed by atoms with E-state index in [0.29, 0.717) is 0 Å². The number of fused-ring (bicyclic) bond motifs is 3. The van der Waals surface area contributed by atoms with Gasteiger partial charge < -0.3 is 13.3 Å². The van der Waals surface area contributed by atoms with Crippen LogP contribution in [0.3, 0.4) is 0 Å². The molecule has 0 saturated carbocycles. The molecular formula is C48H30O3. The maximum Gasteiger partial charge on any atom is 0.143 e. The minimum absolute atomic E-state index is 0.834. The second-order valence-electron chi connectivity index (χ2n) is 12.8. The summed E-state index contributed by atoms with van der Waals surface area (Å²) in [5, 5.41) is 3.17. The van der Waals surface area contributed by atoms with Crippen molar-refractivity contribution in [3.63, 3.8) is 0 Å². The lowest BCUT2D eigenvalue weighted by Gasteiger charge is -2.13. The van der Waals surface area contributed by atoms with E-state index in [1.165, 1.54) is 0 Å². The highest BCUT2D eigenvalue weighted by Gasteiger charge is 2.25. The lowest BCUT2D eigenvalue weighted by atomic mass is 9.88. The second kappa shape index (κ2) is 11.9. The Balaban J connectivity index is 1.34. The van der Waals surface area contributed by atoms with Crippen molar-refractivity contribution in [3.8, 4) is 67.4 Å². The lowest BCUT2D eigenvalue weighted by Crippen LogP contribution is -1.89. The van der Waals surface area contributed by atoms with Gasteiger partial charge in [-0.05, 0) is 53.1 Å². The van der Waals surface area contributed by atoms with E-state index >= 15 is 0 Å². The third-order valence-electron chi connectivity index (χ3n) is 9.69. The predicted octanol–water partition coefficient (Wildman–Crippen LogP) is 13.9. The highest BCUT2D eigenvalue weighted by atomic mass is 16.3. The minimum Gasteiger partial charge on any atom is -0.455 e. The van der Waals surface area contributed by atoms with Crippen LogP contribution in [0.1, 0.15) is 0 Å². The predicted molar refractivity (Wildman–Crippen MR) is 208 cm³/mol. The molecule has 0 atom stereocenters. The van der Waals surface area contributed by atoms with Crippen molar-refractivity contribution in [1.82, 2.24) is 0 Å². The summed E-state index contributed by atoms with van der Waals surface area (Å²) in [5.41, 5.74) is 11.9. The smallest absolute Gasteiger partial charge is 0.143 e. The normalized spacial score (nSPS) is 11.5. The highest BCUT2D eigenvalue weighted by molar-refractivity contribution is 6.09. The molecule has 240 valence electrons. The molecule has 0 saturated heterocycles. The Morgan fingerprint density at radius 2 is 0.490 bits per heavy atom. The summed E-state index contributed by atoms with van der Waals surface area (Å²) >= 11 is 0. The molecule has 0 unspecified atom stereocenters. The maximum absolute atomic E-state index is 6.69. The zero-order valence-electron chi connectivity index (χ0n) is 27.5. The van der Waals surface area contributed by atoms with Gasteiger partial charge in [0.2, 0.25) is 0 Å². The average molecular weight is 655 g/mol. The first kappa shape index (κ1) is 29.1. The highest BCUT2D eigenvalue weighted by Crippen LogP contribution is 2.49. The summed E-state index contributed by atoms with van der Waals surface area (Å²) in [6, 6.07) is 62.9. The van der Waals surface area contributed by atoms with Crippen LogP contribution in [0.25, 0.3) is 100 Å². The number of benzene rings is 7. The molecule has 3 nitrogen and oxygen atoms in total. The van der Waals surface area contributed by atoms with Gasteiger partial charge in [0.05, 0.1) is 0 Å². The molecule has 10 aromatic rings. The van der Waals surface area contributed by atoms with Crippen molar-refractivity contribution in [2.45, 2.75) is 0 Å². The Labute approximate surface area is 294 Å². The van der Waals surface area contributed by atoms with Crippen molar-refractivity contribution in [2.24, 2.45) is 0 Å². The van der Waals surface area contributed by atoms with Gasteiger partial charge in [0.15, 0.2) is 0 Å². The molecular weight excluding hydrogens is 625 g/mol. The van der Waals surface area contributed by atoms with Gasteiger partial charge in [-0.15, -0.1) is 0 Å². The summed E-state index contributed by atoms with van der Waals surface area (Å²) in [5.74, 6) is 2.50. The van der Waals surface area contributed by atoms with Gasteiger partial charge in [0.25, 0.3) is 0 Å². The quantitative estimate of drug-likeness (QED) is 0.179. The van der Waals surface area contributed by atoms with Crippen molar-refractivity contribution in [1.29, 1.82) is 0 Å². The molecule has 0 aliphatic carbocycles. The van der Waals surface area contributed by atoms with Crippen molar-refractivity contribution < 1.29 is 13.3 Å². The minimum atomic E-state index is 0.834. The second-order valence-corrected chi connectivity index (χ2v) is 12.8. The van der Waals surface area contributed by atoms with Gasteiger partial charge >= 0.3 is 0 Å². The van der Waals surface area contributed by atoms with Crippen LogP contribution in [0.2, 0.25) is 0 Å². The van der Waals surface area contributed by atoms with E-state index in [4.69, 9.17) is 13.3 Å². The fourth-order valence-electron chi connectivity index (χ4n) is 7.44. The van der Waals surface area contributed by atoms with Crippen LogP contribution in [0.4, 0.5) is 0 Å². The van der Waals surface area contributed by atoms with E-state index in [1.807, 2.05) is 54.6 Å². The van der Waals surface area contributed by atoms with Gasteiger partial charge in [-0.1, -0.05) is 146 Å². The van der Waals surface area contributed by atoms with E-state index in [0.717, 1.165) is 100 Å². The summed E-state index contributed by atoms with van der Waals surface area (Å²) < 4.78 is 20.1. The first-order valence-electron chi connectivity index (χ1n) is 17.2. The zero-order valence-corrected chi connectivity index (χ0v) is 27.5. The van der Waals surface area contributed by atoms with Gasteiger partial charge in [-0.2, -0.15) is 0 Å². The van der Waals surface area contributed by atoms with Crippen LogP contribution in [-0.2, 0) is 0 Å². The monoisotopic (exact) mass is 654 g/mol. The molecule has 0 bridgehead atoms. The van der Waals surface area contributed by atoms with Gasteiger partial charge in [-0.3, -0.25) is 0 Å². The molecule has 51 heavy (non-hydrogen) atoms. The molecule has 10 rings (SSSR count). The molecule has 0 amide bonds. The maximum atomic E-state index is 6.69. The van der Waals surface area contributed by atoms with E-state index in [1.54, 1.807) is 0 Å². The fourth-order valence-corrected chi connectivity index (χ4v) is 7.44. The van der Waals surface area contributed by atoms with E-state index in [9.17, 15) is 0 Å². The SMILES string of the molecule is c1ccc(-c2oc3ccccc3c2-c2cc(-c3c(-c4ccccc4)oc4ccccc34)cc(-c3c(-c4ccccc4)oc4ccccc34)c2)cc1. The van der Waals surface area contributed by atoms with Gasteiger partial charge in [0.1, 0.15) is 34.0 Å². The van der Waals surface area contributed by atoms with Crippen molar-refractivity contribution >= 4 is 32.9 Å². The Bertz CT molecular complexity index is 2510. The lowest BCUT2D eigenvalue weighted by molar-refractivity contribution is 0.632. The van der Waals surface area contributed by atoms with E-state index in [2.05, 4.69) is 127 Å². The van der Waals surface area contributed by atoms with Crippen LogP contribution in [0, 0.1) is 0 Å². The molecule has 3 heterocycles. The molecule has 7 aromatic carbocycles.